The van der Waals surface area contributed by atoms with E-state index in [2.05, 4.69) is 30.1 Å². The molecule has 0 amide bonds. The molecule has 0 bridgehead atoms. The van der Waals surface area contributed by atoms with E-state index in [1.54, 1.807) is 72.6 Å². The lowest BCUT2D eigenvalue weighted by atomic mass is 10.5. The van der Waals surface area contributed by atoms with E-state index >= 15 is 0 Å². The van der Waals surface area contributed by atoms with E-state index in [1.807, 2.05) is 29.6 Å². The Morgan fingerprint density at radius 3 is 1.45 bits per heavy atom. The Morgan fingerprint density at radius 2 is 1.27 bits per heavy atom. The number of H-pyrrole nitrogens is 1. The maximum atomic E-state index is 3.78. The fourth-order valence-corrected chi connectivity index (χ4v) is 1.31. The molecule has 0 unspecified atom stereocenters. The number of hydrogen-bond acceptors (Lipinski definition) is 6. The van der Waals surface area contributed by atoms with Gasteiger partial charge in [-0.25, -0.2) is 0 Å². The van der Waals surface area contributed by atoms with E-state index in [9.17, 15) is 0 Å². The summed E-state index contributed by atoms with van der Waals surface area (Å²) in [6, 6.07) is 7.55. The Hall–Kier alpha value is -2.93. The molecule has 0 saturated carbocycles. The van der Waals surface area contributed by atoms with Crippen LogP contribution in [0.25, 0.3) is 0 Å². The maximum Gasteiger partial charge on any atom is 0.0791 e. The summed E-state index contributed by atoms with van der Waals surface area (Å²) in [6.45, 7) is 0. The van der Waals surface area contributed by atoms with Crippen LogP contribution in [-0.2, 0) is 0 Å². The van der Waals surface area contributed by atoms with E-state index in [4.69, 9.17) is 0 Å². The van der Waals surface area contributed by atoms with Crippen molar-refractivity contribution < 1.29 is 0 Å². The van der Waals surface area contributed by atoms with Crippen LogP contribution >= 0.6 is 11.3 Å². The van der Waals surface area contributed by atoms with Gasteiger partial charge >= 0.3 is 0 Å². The first-order valence-electron chi connectivity index (χ1n) is 6.31. The highest BCUT2D eigenvalue weighted by Gasteiger charge is 1.60. The molecule has 4 aromatic heterocycles. The quantitative estimate of drug-likeness (QED) is 0.539. The minimum Gasteiger partial charge on any atom is -0.286 e. The van der Waals surface area contributed by atoms with Crippen LogP contribution in [0.5, 0.6) is 0 Å². The van der Waals surface area contributed by atoms with Gasteiger partial charge in [-0.15, -0.1) is 11.3 Å². The number of nitrogens with one attached hydrogen (secondary N) is 1. The zero-order valence-electron chi connectivity index (χ0n) is 11.8. The number of thiazole rings is 1. The molecule has 0 fully saturated rings. The lowest BCUT2D eigenvalue weighted by molar-refractivity contribution is 1.09. The molecular formula is C15H16N6S. The molecule has 22 heavy (non-hydrogen) atoms. The molecule has 0 saturated heterocycles. The monoisotopic (exact) mass is 312 g/mol. The van der Waals surface area contributed by atoms with Crippen LogP contribution < -0.4 is 0 Å². The standard InChI is InChI=1S/C5H5N.C4H4N2.C3H4N2.C3H3NS/c1-2-4-6-5-3-1;1-2-6-4-3-5-1;1-2-4-5-3-1;1-2-5-3-4-1/h1-5H;1-4H;1-3H,(H,4,5);1-3H. The molecule has 0 aliphatic rings. The predicted octanol–water partition coefficient (Wildman–Crippen LogP) is 3.11. The number of nitrogens with zero attached hydrogens (tertiary/aromatic N) is 5. The highest BCUT2D eigenvalue weighted by atomic mass is 32.1. The molecular weight excluding hydrogens is 296 g/mol. The summed E-state index contributed by atoms with van der Waals surface area (Å²) >= 11 is 1.60. The zero-order valence-corrected chi connectivity index (χ0v) is 12.6. The minimum absolute atomic E-state index is 1.60. The Balaban J connectivity index is 0.000000147. The molecule has 0 radical (unpaired) electrons. The van der Waals surface area contributed by atoms with E-state index in [1.165, 1.54) is 0 Å². The summed E-state index contributed by atoms with van der Waals surface area (Å²) in [5, 5.41) is 8.14. The second-order valence-electron chi connectivity index (χ2n) is 3.36. The van der Waals surface area contributed by atoms with Crippen LogP contribution in [-0.4, -0.2) is 30.1 Å². The predicted molar refractivity (Wildman–Crippen MR) is 87.0 cm³/mol. The van der Waals surface area contributed by atoms with Crippen molar-refractivity contribution in [3.63, 3.8) is 0 Å². The number of aromatic nitrogens is 6. The molecule has 112 valence electrons. The Labute approximate surface area is 133 Å². The van der Waals surface area contributed by atoms with Crippen molar-refractivity contribution in [1.29, 1.82) is 0 Å². The summed E-state index contributed by atoms with van der Waals surface area (Å²) in [6.07, 6.45) is 15.3. The summed E-state index contributed by atoms with van der Waals surface area (Å²) < 4.78 is 0. The van der Waals surface area contributed by atoms with Crippen LogP contribution in [0.2, 0.25) is 0 Å². The summed E-state index contributed by atoms with van der Waals surface area (Å²) in [4.78, 5) is 15.0. The highest BCUT2D eigenvalue weighted by Crippen LogP contribution is 1.85. The van der Waals surface area contributed by atoms with Crippen molar-refractivity contribution in [2.75, 3.05) is 0 Å². The van der Waals surface area contributed by atoms with Crippen molar-refractivity contribution in [3.05, 3.63) is 90.9 Å². The third-order valence-corrected chi connectivity index (χ3v) is 2.32. The fraction of sp³-hybridized carbons (Fsp3) is 0. The minimum atomic E-state index is 1.60. The van der Waals surface area contributed by atoms with E-state index < -0.39 is 0 Å². The molecule has 4 heterocycles. The number of rotatable bonds is 0. The molecule has 0 aliphatic carbocycles. The smallest absolute Gasteiger partial charge is 0.0791 e. The molecule has 0 aromatic carbocycles. The first-order chi connectivity index (χ1) is 11.0. The van der Waals surface area contributed by atoms with Crippen molar-refractivity contribution in [3.8, 4) is 0 Å². The van der Waals surface area contributed by atoms with Gasteiger partial charge in [0, 0.05) is 61.2 Å². The normalized spacial score (nSPS) is 8.00. The van der Waals surface area contributed by atoms with Crippen molar-refractivity contribution in [2.45, 2.75) is 0 Å². The van der Waals surface area contributed by atoms with Gasteiger partial charge in [-0.1, -0.05) is 6.07 Å². The zero-order chi connectivity index (χ0) is 15.6. The van der Waals surface area contributed by atoms with Gasteiger partial charge in [-0.05, 0) is 18.2 Å². The van der Waals surface area contributed by atoms with Gasteiger partial charge in [0.2, 0.25) is 0 Å². The van der Waals surface area contributed by atoms with Crippen molar-refractivity contribution in [1.82, 2.24) is 30.1 Å². The second-order valence-corrected chi connectivity index (χ2v) is 4.12. The second kappa shape index (κ2) is 14.5. The molecule has 6 nitrogen and oxygen atoms in total. The first kappa shape index (κ1) is 17.1. The fourth-order valence-electron chi connectivity index (χ4n) is 0.957. The summed E-state index contributed by atoms with van der Waals surface area (Å²) in [7, 11) is 0. The number of aromatic amines is 1. The first-order valence-corrected chi connectivity index (χ1v) is 7.25. The van der Waals surface area contributed by atoms with Crippen LogP contribution in [0.3, 0.4) is 0 Å². The van der Waals surface area contributed by atoms with Crippen LogP contribution in [0, 0.1) is 0 Å². The van der Waals surface area contributed by atoms with Gasteiger partial charge in [0.15, 0.2) is 0 Å². The van der Waals surface area contributed by atoms with Gasteiger partial charge in [-0.3, -0.25) is 25.0 Å². The molecule has 4 aromatic rings. The Bertz CT molecular complexity index is 454. The van der Waals surface area contributed by atoms with Gasteiger partial charge in [-0.2, -0.15) is 5.10 Å². The summed E-state index contributed by atoms with van der Waals surface area (Å²) in [5.74, 6) is 0. The highest BCUT2D eigenvalue weighted by molar-refractivity contribution is 7.07. The number of pyridine rings is 1. The number of hydrogen-bond donors (Lipinski definition) is 1. The van der Waals surface area contributed by atoms with Crippen LogP contribution in [0.4, 0.5) is 0 Å². The molecule has 1 N–H and O–H groups in total. The van der Waals surface area contributed by atoms with Gasteiger partial charge < -0.3 is 0 Å². The van der Waals surface area contributed by atoms with Gasteiger partial charge in [0.05, 0.1) is 5.51 Å². The van der Waals surface area contributed by atoms with Gasteiger partial charge in [0.1, 0.15) is 0 Å². The van der Waals surface area contributed by atoms with E-state index in [0.29, 0.717) is 0 Å². The Morgan fingerprint density at radius 1 is 0.591 bits per heavy atom. The third-order valence-electron chi connectivity index (χ3n) is 1.80. The van der Waals surface area contributed by atoms with Crippen LogP contribution in [0.15, 0.2) is 90.9 Å². The largest absolute Gasteiger partial charge is 0.286 e. The average Bonchev–Trinajstić information content (AvgIpc) is 3.37. The van der Waals surface area contributed by atoms with Crippen molar-refractivity contribution >= 4 is 11.3 Å². The summed E-state index contributed by atoms with van der Waals surface area (Å²) in [5.41, 5.74) is 1.79. The molecule has 4 rings (SSSR count). The van der Waals surface area contributed by atoms with Gasteiger partial charge in [0.25, 0.3) is 0 Å². The lowest BCUT2D eigenvalue weighted by Gasteiger charge is -1.70. The van der Waals surface area contributed by atoms with E-state index in [0.717, 1.165) is 0 Å². The molecule has 7 heteroatoms. The van der Waals surface area contributed by atoms with Crippen molar-refractivity contribution in [2.24, 2.45) is 0 Å². The average molecular weight is 312 g/mol. The molecule has 0 spiro atoms. The molecule has 0 aliphatic heterocycles. The third kappa shape index (κ3) is 12.1. The van der Waals surface area contributed by atoms with Crippen LogP contribution in [0.1, 0.15) is 0 Å². The Kier molecular flexibility index (Phi) is 11.3. The molecule has 0 atom stereocenters. The SMILES string of the molecule is c1ccncc1.c1cn[nH]c1.c1cnccn1.c1cscn1. The topological polar surface area (TPSA) is 80.2 Å². The van der Waals surface area contributed by atoms with E-state index in [-0.39, 0.29) is 0 Å². The lowest BCUT2D eigenvalue weighted by Crippen LogP contribution is -1.66. The maximum absolute atomic E-state index is 3.78.